The van der Waals surface area contributed by atoms with Crippen LogP contribution in [-0.2, 0) is 33.2 Å². The predicted octanol–water partition coefficient (Wildman–Crippen LogP) is -1.57. The summed E-state index contributed by atoms with van der Waals surface area (Å²) in [7, 11) is 0. The van der Waals surface area contributed by atoms with E-state index in [0.717, 1.165) is 10.8 Å². The number of fused-ring (bicyclic) bond motifs is 2. The molecule has 0 spiro atoms. The van der Waals surface area contributed by atoms with Crippen molar-refractivity contribution in [3.8, 4) is 5.75 Å². The molecule has 4 heterocycles. The molecule has 3 aromatic rings. The molecular weight excluding hydrogens is 676 g/mol. The molecule has 0 aliphatic carbocycles. The molecule has 16 nitrogen and oxygen atoms in total. The summed E-state index contributed by atoms with van der Waals surface area (Å²) in [5, 5.41) is 88.1. The van der Waals surface area contributed by atoms with E-state index in [1.807, 2.05) is 36.4 Å². The lowest BCUT2D eigenvalue weighted by Crippen LogP contribution is -2.67. The third kappa shape index (κ3) is 7.37. The first kappa shape index (κ1) is 36.5. The van der Waals surface area contributed by atoms with Crippen molar-refractivity contribution in [3.05, 3.63) is 78.4 Å². The Kier molecular flexibility index (Phi) is 11.2. The van der Waals surface area contributed by atoms with Gasteiger partial charge in [0.2, 0.25) is 6.29 Å². The molecule has 278 valence electrons. The van der Waals surface area contributed by atoms with Crippen LogP contribution in [0, 0.1) is 0 Å². The molecule has 4 fully saturated rings. The average molecular weight is 719 g/mol. The molecule has 4 aliphatic rings. The lowest BCUT2D eigenvalue weighted by atomic mass is 9.95. The minimum atomic E-state index is -1.88. The standard InChI is InChI=1S/C35H42O16/c36-13-20-29(23(38)26(41)33(46-20)45-19-11-10-16-6-4-5-9-18(16)12-19)50-34-27(42)24(39)30(21(14-37)47-34)51-35-28(43)25(40)31-22(48-35)15-44-32(49-31)17-7-2-1-3-8-17/h1-12,20-43H,13-15H2/t20-,21-,22-,23-,24-,25-,26-,27-,28-,29-,30-,31-,32-,33-,34+,35+/m1/s1. The topological polar surface area (TPSA) is 236 Å². The Hall–Kier alpha value is -2.88. The number of aliphatic hydroxyl groups is 8. The summed E-state index contributed by atoms with van der Waals surface area (Å²) in [6.07, 6.45) is -23.3. The first-order chi connectivity index (χ1) is 24.7. The fourth-order valence-electron chi connectivity index (χ4n) is 6.81. The van der Waals surface area contributed by atoms with Gasteiger partial charge < -0.3 is 78.7 Å². The van der Waals surface area contributed by atoms with E-state index in [2.05, 4.69) is 0 Å². The third-order valence-electron chi connectivity index (χ3n) is 9.60. The summed E-state index contributed by atoms with van der Waals surface area (Å²) in [6, 6.07) is 21.8. The highest BCUT2D eigenvalue weighted by Gasteiger charge is 2.55. The summed E-state index contributed by atoms with van der Waals surface area (Å²) in [5.41, 5.74) is 0.705. The molecule has 0 bridgehead atoms. The number of hydrogen-bond acceptors (Lipinski definition) is 16. The molecule has 7 rings (SSSR count). The van der Waals surface area contributed by atoms with Gasteiger partial charge in [0, 0.05) is 5.56 Å². The zero-order valence-corrected chi connectivity index (χ0v) is 27.1. The molecule has 0 amide bonds. The normalized spacial score (nSPS) is 41.6. The smallest absolute Gasteiger partial charge is 0.229 e. The van der Waals surface area contributed by atoms with Crippen molar-refractivity contribution in [2.45, 2.75) is 98.4 Å². The molecule has 0 saturated carbocycles. The highest BCUT2D eigenvalue weighted by Crippen LogP contribution is 2.37. The Bertz CT molecular complexity index is 1580. The Balaban J connectivity index is 0.983. The second kappa shape index (κ2) is 15.6. The lowest BCUT2D eigenvalue weighted by Gasteiger charge is -2.49. The van der Waals surface area contributed by atoms with E-state index in [9.17, 15) is 40.9 Å². The van der Waals surface area contributed by atoms with Crippen molar-refractivity contribution in [1.82, 2.24) is 0 Å². The minimum Gasteiger partial charge on any atom is -0.462 e. The van der Waals surface area contributed by atoms with E-state index in [1.165, 1.54) is 0 Å². The van der Waals surface area contributed by atoms with E-state index in [-0.39, 0.29) is 6.61 Å². The average Bonchev–Trinajstić information content (AvgIpc) is 3.16. The van der Waals surface area contributed by atoms with E-state index in [0.29, 0.717) is 11.3 Å². The van der Waals surface area contributed by atoms with Crippen LogP contribution in [0.2, 0.25) is 0 Å². The molecule has 8 N–H and O–H groups in total. The van der Waals surface area contributed by atoms with Crippen LogP contribution in [0.5, 0.6) is 5.75 Å². The van der Waals surface area contributed by atoms with Crippen LogP contribution in [0.15, 0.2) is 72.8 Å². The van der Waals surface area contributed by atoms with Crippen LogP contribution in [0.25, 0.3) is 10.8 Å². The molecule has 16 atom stereocenters. The summed E-state index contributed by atoms with van der Waals surface area (Å²) >= 11 is 0. The molecule has 51 heavy (non-hydrogen) atoms. The number of benzene rings is 3. The zero-order chi connectivity index (χ0) is 35.8. The van der Waals surface area contributed by atoms with Gasteiger partial charge in [0.05, 0.1) is 19.8 Å². The molecule has 4 saturated heterocycles. The summed E-state index contributed by atoms with van der Waals surface area (Å²) in [5.74, 6) is 0.335. The first-order valence-corrected chi connectivity index (χ1v) is 16.7. The Morgan fingerprint density at radius 1 is 0.569 bits per heavy atom. The van der Waals surface area contributed by atoms with Gasteiger partial charge in [-0.25, -0.2) is 0 Å². The van der Waals surface area contributed by atoms with E-state index in [4.69, 9.17) is 37.9 Å². The fourth-order valence-corrected chi connectivity index (χ4v) is 6.81. The summed E-state index contributed by atoms with van der Waals surface area (Å²) in [4.78, 5) is 0. The highest BCUT2D eigenvalue weighted by molar-refractivity contribution is 5.83. The summed E-state index contributed by atoms with van der Waals surface area (Å²) in [6.45, 7) is -1.50. The van der Waals surface area contributed by atoms with E-state index >= 15 is 0 Å². The van der Waals surface area contributed by atoms with Crippen LogP contribution in [0.3, 0.4) is 0 Å². The zero-order valence-electron chi connectivity index (χ0n) is 27.1. The van der Waals surface area contributed by atoms with Crippen LogP contribution >= 0.6 is 0 Å². The highest BCUT2D eigenvalue weighted by atomic mass is 16.8. The number of hydrogen-bond donors (Lipinski definition) is 8. The van der Waals surface area contributed by atoms with Gasteiger partial charge in [-0.05, 0) is 22.9 Å². The molecule has 4 aliphatic heterocycles. The van der Waals surface area contributed by atoms with Crippen molar-refractivity contribution in [1.29, 1.82) is 0 Å². The van der Waals surface area contributed by atoms with Crippen LogP contribution in [0.4, 0.5) is 0 Å². The maximum Gasteiger partial charge on any atom is 0.229 e. The van der Waals surface area contributed by atoms with Crippen molar-refractivity contribution in [2.75, 3.05) is 19.8 Å². The van der Waals surface area contributed by atoms with Gasteiger partial charge in [0.1, 0.15) is 79.0 Å². The molecule has 0 radical (unpaired) electrons. The van der Waals surface area contributed by atoms with Gasteiger partial charge in [-0.15, -0.1) is 0 Å². The number of ether oxygens (including phenoxy) is 8. The maximum absolute atomic E-state index is 11.1. The second-order valence-corrected chi connectivity index (χ2v) is 12.9. The van der Waals surface area contributed by atoms with Gasteiger partial charge in [-0.1, -0.05) is 60.7 Å². The monoisotopic (exact) mass is 718 g/mol. The largest absolute Gasteiger partial charge is 0.462 e. The lowest BCUT2D eigenvalue weighted by molar-refractivity contribution is -0.392. The van der Waals surface area contributed by atoms with Gasteiger partial charge in [-0.3, -0.25) is 0 Å². The Morgan fingerprint density at radius 2 is 1.14 bits per heavy atom. The predicted molar refractivity (Wildman–Crippen MR) is 171 cm³/mol. The van der Waals surface area contributed by atoms with Crippen molar-refractivity contribution in [3.63, 3.8) is 0 Å². The van der Waals surface area contributed by atoms with Crippen LogP contribution < -0.4 is 4.74 Å². The Labute approximate surface area is 291 Å². The van der Waals surface area contributed by atoms with Crippen LogP contribution in [-0.4, -0.2) is 153 Å². The molecule has 3 aromatic carbocycles. The first-order valence-electron chi connectivity index (χ1n) is 16.7. The van der Waals surface area contributed by atoms with Gasteiger partial charge in [-0.2, -0.15) is 0 Å². The van der Waals surface area contributed by atoms with Gasteiger partial charge in [0.25, 0.3) is 0 Å². The second-order valence-electron chi connectivity index (χ2n) is 12.9. The molecule has 0 unspecified atom stereocenters. The molecule has 0 aromatic heterocycles. The van der Waals surface area contributed by atoms with E-state index < -0.39 is 112 Å². The summed E-state index contributed by atoms with van der Waals surface area (Å²) < 4.78 is 46.4. The minimum absolute atomic E-state index is 0.0304. The molecule has 16 heteroatoms. The van der Waals surface area contributed by atoms with Crippen molar-refractivity contribution in [2.24, 2.45) is 0 Å². The van der Waals surface area contributed by atoms with Gasteiger partial charge >= 0.3 is 0 Å². The van der Waals surface area contributed by atoms with Crippen molar-refractivity contribution < 1.29 is 78.7 Å². The van der Waals surface area contributed by atoms with Crippen LogP contribution in [0.1, 0.15) is 11.9 Å². The quantitative estimate of drug-likeness (QED) is 0.125. The molecular formula is C35H42O16. The maximum atomic E-state index is 11.1. The SMILES string of the molecule is OC[C@H]1O[C@@H](Oc2ccc3ccccc3c2)[C@H](O)[C@@H](O)[C@@H]1O[C@@H]1O[C@H](CO)[C@@H](O[C@@H]2O[C@@H]3CO[C@@H](c4ccccc4)O[C@H]3[C@H](O)[C@H]2O)[C@H](O)[C@H]1O. The fraction of sp³-hybridized carbons (Fsp3) is 0.543. The van der Waals surface area contributed by atoms with E-state index in [1.54, 1.807) is 36.4 Å². The van der Waals surface area contributed by atoms with Gasteiger partial charge in [0.15, 0.2) is 18.9 Å². The third-order valence-corrected chi connectivity index (χ3v) is 9.60. The van der Waals surface area contributed by atoms with Crippen molar-refractivity contribution >= 4 is 10.8 Å². The number of rotatable bonds is 9. The number of aliphatic hydroxyl groups excluding tert-OH is 8. The Morgan fingerprint density at radius 3 is 1.80 bits per heavy atom.